The number of nitrogens with zero attached hydrogens (tertiary/aromatic N) is 2. The Morgan fingerprint density at radius 3 is 2.52 bits per heavy atom. The van der Waals surface area contributed by atoms with Gasteiger partial charge in [-0.05, 0) is 75.9 Å². The van der Waals surface area contributed by atoms with E-state index < -0.39 is 5.60 Å². The third-order valence-electron chi connectivity index (χ3n) is 4.41. The number of benzene rings is 1. The van der Waals surface area contributed by atoms with Gasteiger partial charge in [-0.1, -0.05) is 12.1 Å². The number of rotatable bonds is 7. The Morgan fingerprint density at radius 2 is 1.90 bits per heavy atom. The summed E-state index contributed by atoms with van der Waals surface area (Å²) >= 11 is 0. The minimum atomic E-state index is -0.568. The normalized spacial score (nSPS) is 11.1. The molecule has 29 heavy (non-hydrogen) atoms. The van der Waals surface area contributed by atoms with Gasteiger partial charge in [0.15, 0.2) is 0 Å². The second kappa shape index (κ2) is 10.0. The second-order valence-electron chi connectivity index (χ2n) is 8.17. The van der Waals surface area contributed by atoms with Crippen molar-refractivity contribution in [3.8, 4) is 0 Å². The lowest BCUT2D eigenvalue weighted by atomic mass is 10.1. The molecule has 0 bridgehead atoms. The van der Waals surface area contributed by atoms with Crippen molar-refractivity contribution in [3.63, 3.8) is 0 Å². The predicted molar refractivity (Wildman–Crippen MR) is 114 cm³/mol. The lowest BCUT2D eigenvalue weighted by Crippen LogP contribution is -2.38. The molecular weight excluding hydrogens is 366 g/mol. The number of hydrogen-bond acceptors (Lipinski definition) is 4. The Balaban J connectivity index is 1.91. The fourth-order valence-corrected chi connectivity index (χ4v) is 2.73. The first-order valence-corrected chi connectivity index (χ1v) is 9.88. The van der Waals surface area contributed by atoms with Gasteiger partial charge in [-0.2, -0.15) is 0 Å². The average molecular weight is 398 g/mol. The summed E-state index contributed by atoms with van der Waals surface area (Å²) in [4.78, 5) is 30.7. The largest absolute Gasteiger partial charge is 0.444 e. The van der Waals surface area contributed by atoms with Gasteiger partial charge in [0.2, 0.25) is 0 Å². The molecule has 0 saturated heterocycles. The van der Waals surface area contributed by atoms with Crippen LogP contribution in [0.15, 0.2) is 42.7 Å². The molecular formula is C23H31N3O3. The van der Waals surface area contributed by atoms with E-state index in [0.29, 0.717) is 31.6 Å². The van der Waals surface area contributed by atoms with E-state index in [2.05, 4.69) is 10.3 Å². The van der Waals surface area contributed by atoms with Crippen molar-refractivity contribution in [2.45, 2.75) is 53.2 Å². The van der Waals surface area contributed by atoms with Gasteiger partial charge in [0.05, 0.1) is 6.54 Å². The van der Waals surface area contributed by atoms with Gasteiger partial charge in [0.1, 0.15) is 5.60 Å². The average Bonchev–Trinajstić information content (AvgIpc) is 2.65. The summed E-state index contributed by atoms with van der Waals surface area (Å²) in [6.07, 6.45) is 3.68. The van der Waals surface area contributed by atoms with Crippen molar-refractivity contribution in [3.05, 3.63) is 65.0 Å². The highest BCUT2D eigenvalue weighted by molar-refractivity contribution is 5.94. The van der Waals surface area contributed by atoms with Crippen LogP contribution in [0.25, 0.3) is 0 Å². The predicted octanol–water partition coefficient (Wildman–Crippen LogP) is 4.26. The Labute approximate surface area is 173 Å². The quantitative estimate of drug-likeness (QED) is 0.709. The van der Waals surface area contributed by atoms with E-state index in [1.165, 1.54) is 0 Å². The molecule has 1 heterocycles. The van der Waals surface area contributed by atoms with Crippen molar-refractivity contribution >= 4 is 12.0 Å². The number of carbonyl (C=O) groups is 2. The molecule has 0 fully saturated rings. The van der Waals surface area contributed by atoms with Crippen LogP contribution in [-0.2, 0) is 11.3 Å². The van der Waals surface area contributed by atoms with Crippen molar-refractivity contribution in [1.82, 2.24) is 15.2 Å². The first-order chi connectivity index (χ1) is 13.7. The van der Waals surface area contributed by atoms with Crippen LogP contribution in [0.1, 0.15) is 54.2 Å². The van der Waals surface area contributed by atoms with Crippen LogP contribution < -0.4 is 5.32 Å². The molecule has 2 amide bonds. The second-order valence-corrected chi connectivity index (χ2v) is 8.17. The van der Waals surface area contributed by atoms with Crippen LogP contribution in [0.4, 0.5) is 4.79 Å². The molecule has 0 atom stereocenters. The summed E-state index contributed by atoms with van der Waals surface area (Å²) < 4.78 is 5.52. The first-order valence-electron chi connectivity index (χ1n) is 9.88. The maximum absolute atomic E-state index is 12.6. The van der Waals surface area contributed by atoms with E-state index in [9.17, 15) is 9.59 Å². The highest BCUT2D eigenvalue weighted by atomic mass is 16.6. The van der Waals surface area contributed by atoms with Crippen molar-refractivity contribution in [2.24, 2.45) is 0 Å². The lowest BCUT2D eigenvalue weighted by molar-refractivity contribution is 0.0232. The number of ether oxygens (including phenoxy) is 1. The number of pyridine rings is 1. The van der Waals surface area contributed by atoms with Crippen molar-refractivity contribution in [2.75, 3.05) is 13.1 Å². The molecule has 0 saturated carbocycles. The Kier molecular flexibility index (Phi) is 7.76. The molecule has 6 heteroatoms. The van der Waals surface area contributed by atoms with Gasteiger partial charge in [-0.3, -0.25) is 9.78 Å². The molecule has 2 rings (SSSR count). The maximum Gasteiger partial charge on any atom is 0.410 e. The van der Waals surface area contributed by atoms with E-state index in [1.54, 1.807) is 17.3 Å². The van der Waals surface area contributed by atoms with E-state index in [-0.39, 0.29) is 12.0 Å². The van der Waals surface area contributed by atoms with Gasteiger partial charge < -0.3 is 15.0 Å². The van der Waals surface area contributed by atoms with Crippen LogP contribution in [0.2, 0.25) is 0 Å². The molecule has 1 N–H and O–H groups in total. The van der Waals surface area contributed by atoms with E-state index in [0.717, 1.165) is 16.7 Å². The molecule has 1 aromatic heterocycles. The minimum Gasteiger partial charge on any atom is -0.444 e. The first kappa shape index (κ1) is 22.4. The molecule has 2 aromatic rings. The van der Waals surface area contributed by atoms with Crippen LogP contribution in [-0.4, -0.2) is 40.6 Å². The van der Waals surface area contributed by atoms with Gasteiger partial charge in [-0.25, -0.2) is 4.79 Å². The molecule has 0 spiro atoms. The third-order valence-corrected chi connectivity index (χ3v) is 4.41. The zero-order valence-electron chi connectivity index (χ0n) is 18.0. The summed E-state index contributed by atoms with van der Waals surface area (Å²) in [6, 6.07) is 9.42. The zero-order chi connectivity index (χ0) is 21.4. The van der Waals surface area contributed by atoms with Crippen LogP contribution in [0.5, 0.6) is 0 Å². The molecule has 156 valence electrons. The highest BCUT2D eigenvalue weighted by Crippen LogP contribution is 2.13. The van der Waals surface area contributed by atoms with Gasteiger partial charge >= 0.3 is 6.09 Å². The van der Waals surface area contributed by atoms with Gasteiger partial charge in [0.25, 0.3) is 5.91 Å². The Morgan fingerprint density at radius 1 is 1.14 bits per heavy atom. The molecule has 1 aromatic carbocycles. The van der Waals surface area contributed by atoms with Crippen molar-refractivity contribution in [1.29, 1.82) is 0 Å². The summed E-state index contributed by atoms with van der Waals surface area (Å²) in [5.74, 6) is -0.107. The monoisotopic (exact) mass is 397 g/mol. The van der Waals surface area contributed by atoms with E-state index in [4.69, 9.17) is 4.74 Å². The number of hydrogen-bond donors (Lipinski definition) is 1. The molecule has 0 radical (unpaired) electrons. The van der Waals surface area contributed by atoms with Gasteiger partial charge in [-0.15, -0.1) is 0 Å². The molecule has 6 nitrogen and oxygen atoms in total. The number of nitrogens with one attached hydrogen (secondary N) is 1. The number of carbonyl (C=O) groups excluding carboxylic acids is 2. The SMILES string of the molecule is Cc1ccc(C(=O)NCCCN(Cc2cccnc2)C(=O)OC(C)(C)C)cc1C. The third kappa shape index (κ3) is 7.56. The van der Waals surface area contributed by atoms with Crippen LogP contribution >= 0.6 is 0 Å². The summed E-state index contributed by atoms with van der Waals surface area (Å²) in [5.41, 5.74) is 3.25. The number of aromatic nitrogens is 1. The Hall–Kier alpha value is -2.89. The summed E-state index contributed by atoms with van der Waals surface area (Å²) in [5, 5.41) is 2.92. The summed E-state index contributed by atoms with van der Waals surface area (Å²) in [6.45, 7) is 10.9. The van der Waals surface area contributed by atoms with Crippen LogP contribution in [0.3, 0.4) is 0 Å². The smallest absolute Gasteiger partial charge is 0.410 e. The number of amides is 2. The van der Waals surface area contributed by atoms with Gasteiger partial charge in [0, 0.05) is 31.0 Å². The molecule has 0 aliphatic heterocycles. The topological polar surface area (TPSA) is 71.5 Å². The Bertz CT molecular complexity index is 829. The highest BCUT2D eigenvalue weighted by Gasteiger charge is 2.22. The molecule has 0 unspecified atom stereocenters. The standard InChI is InChI=1S/C23H31N3O3/c1-17-9-10-20(14-18(17)2)21(27)25-12-7-13-26(22(28)29-23(3,4)5)16-19-8-6-11-24-15-19/h6,8-11,14-15H,7,12-13,16H2,1-5H3,(H,25,27). The fraction of sp³-hybridized carbons (Fsp3) is 0.435. The number of aryl methyl sites for hydroxylation is 2. The fourth-order valence-electron chi connectivity index (χ4n) is 2.73. The van der Waals surface area contributed by atoms with Crippen molar-refractivity contribution < 1.29 is 14.3 Å². The van der Waals surface area contributed by atoms with E-state index in [1.807, 2.05) is 65.0 Å². The molecule has 0 aliphatic carbocycles. The zero-order valence-corrected chi connectivity index (χ0v) is 18.0. The molecule has 0 aliphatic rings. The summed E-state index contributed by atoms with van der Waals surface area (Å²) in [7, 11) is 0. The maximum atomic E-state index is 12.6. The van der Waals surface area contributed by atoms with E-state index >= 15 is 0 Å². The lowest BCUT2D eigenvalue weighted by Gasteiger charge is -2.27. The minimum absolute atomic E-state index is 0.107. The van der Waals surface area contributed by atoms with Crippen LogP contribution in [0, 0.1) is 13.8 Å².